The van der Waals surface area contributed by atoms with E-state index >= 15 is 0 Å². The van der Waals surface area contributed by atoms with Gasteiger partial charge < -0.3 is 14.7 Å². The Hall–Kier alpha value is -2.25. The minimum Gasteiger partial charge on any atom is -0.366 e. The van der Waals surface area contributed by atoms with Gasteiger partial charge in [0.25, 0.3) is 0 Å². The van der Waals surface area contributed by atoms with Gasteiger partial charge in [0.15, 0.2) is 0 Å². The molecule has 1 aromatic carbocycles. The molecule has 25 heavy (non-hydrogen) atoms. The number of aromatic nitrogens is 4. The molecule has 6 nitrogen and oxygen atoms in total. The average Bonchev–Trinajstić information content (AvgIpc) is 3.27. The Balaban J connectivity index is 1.38. The molecule has 1 aliphatic heterocycles. The van der Waals surface area contributed by atoms with Gasteiger partial charge in [-0.25, -0.2) is 14.4 Å². The molecule has 0 radical (unpaired) electrons. The van der Waals surface area contributed by atoms with Gasteiger partial charge in [-0.05, 0) is 37.1 Å². The number of halogens is 1. The number of aryl methyl sites for hydroxylation is 2. The van der Waals surface area contributed by atoms with Crippen molar-refractivity contribution in [3.8, 4) is 0 Å². The van der Waals surface area contributed by atoms with Crippen LogP contribution < -0.4 is 0 Å². The van der Waals surface area contributed by atoms with Crippen LogP contribution in [0.5, 0.6) is 0 Å². The molecule has 0 bridgehead atoms. The topological polar surface area (TPSA) is 69.8 Å². The standard InChI is InChI=1S/C18H22FN5O/c1-11-5-14-15(6-12(11)2)23-18(22-14)10-25-16-8-24(7-13(16)19)9-17-20-3-4-21-17/h3-6,13,16H,7-10H2,1-2H3,(H,20,21)(H,22,23). The normalized spacial score (nSPS) is 21.4. The SMILES string of the molecule is Cc1cc2nc(COC3CN(Cc4ncc[nH]4)CC3F)[nH]c2cc1C. The minimum absolute atomic E-state index is 0.284. The van der Waals surface area contributed by atoms with Gasteiger partial charge in [0.2, 0.25) is 0 Å². The highest BCUT2D eigenvalue weighted by atomic mass is 19.1. The molecule has 7 heteroatoms. The number of aromatic amines is 2. The summed E-state index contributed by atoms with van der Waals surface area (Å²) in [4.78, 5) is 17.1. The minimum atomic E-state index is -0.996. The number of nitrogens with one attached hydrogen (secondary N) is 2. The summed E-state index contributed by atoms with van der Waals surface area (Å²) in [5, 5.41) is 0. The monoisotopic (exact) mass is 343 g/mol. The van der Waals surface area contributed by atoms with Crippen molar-refractivity contribution >= 4 is 11.0 Å². The van der Waals surface area contributed by atoms with E-state index in [2.05, 4.69) is 45.9 Å². The van der Waals surface area contributed by atoms with Crippen molar-refractivity contribution in [2.45, 2.75) is 39.3 Å². The molecular weight excluding hydrogens is 321 g/mol. The van der Waals surface area contributed by atoms with E-state index in [1.807, 2.05) is 4.90 Å². The zero-order valence-electron chi connectivity index (χ0n) is 14.4. The molecule has 1 saturated heterocycles. The Kier molecular flexibility index (Phi) is 4.27. The maximum Gasteiger partial charge on any atom is 0.140 e. The molecule has 0 saturated carbocycles. The molecular formula is C18H22FN5O. The molecule has 0 spiro atoms. The number of benzene rings is 1. The molecule has 4 rings (SSSR count). The van der Waals surface area contributed by atoms with Gasteiger partial charge in [-0.1, -0.05) is 0 Å². The van der Waals surface area contributed by atoms with Crippen LogP contribution in [-0.2, 0) is 17.9 Å². The maximum atomic E-state index is 14.3. The van der Waals surface area contributed by atoms with Crippen molar-refractivity contribution in [3.63, 3.8) is 0 Å². The van der Waals surface area contributed by atoms with Crippen molar-refractivity contribution in [2.75, 3.05) is 13.1 Å². The molecule has 132 valence electrons. The number of hydrogen-bond acceptors (Lipinski definition) is 4. The first-order chi connectivity index (χ1) is 12.1. The lowest BCUT2D eigenvalue weighted by Gasteiger charge is -2.14. The van der Waals surface area contributed by atoms with E-state index in [-0.39, 0.29) is 6.61 Å². The molecule has 2 N–H and O–H groups in total. The number of alkyl halides is 1. The second-order valence-electron chi connectivity index (χ2n) is 6.73. The molecule has 2 atom stereocenters. The summed E-state index contributed by atoms with van der Waals surface area (Å²) >= 11 is 0. The van der Waals surface area contributed by atoms with Crippen LogP contribution in [0.3, 0.4) is 0 Å². The van der Waals surface area contributed by atoms with Gasteiger partial charge in [-0.3, -0.25) is 4.90 Å². The Morgan fingerprint density at radius 3 is 2.88 bits per heavy atom. The van der Waals surface area contributed by atoms with Crippen LogP contribution in [0.25, 0.3) is 11.0 Å². The van der Waals surface area contributed by atoms with E-state index in [0.717, 1.165) is 22.7 Å². The van der Waals surface area contributed by atoms with Crippen molar-refractivity contribution in [2.24, 2.45) is 0 Å². The number of ether oxygens (including phenoxy) is 1. The highest BCUT2D eigenvalue weighted by Crippen LogP contribution is 2.21. The number of imidazole rings is 2. The van der Waals surface area contributed by atoms with Gasteiger partial charge >= 0.3 is 0 Å². The van der Waals surface area contributed by atoms with Crippen LogP contribution in [0, 0.1) is 13.8 Å². The smallest absolute Gasteiger partial charge is 0.140 e. The van der Waals surface area contributed by atoms with Crippen molar-refractivity contribution in [3.05, 3.63) is 47.3 Å². The lowest BCUT2D eigenvalue weighted by molar-refractivity contribution is 0.00859. The molecule has 1 aliphatic rings. The summed E-state index contributed by atoms with van der Waals surface area (Å²) < 4.78 is 20.1. The fourth-order valence-corrected chi connectivity index (χ4v) is 3.27. The quantitative estimate of drug-likeness (QED) is 0.747. The molecule has 1 fully saturated rings. The Bertz CT molecular complexity index is 821. The fourth-order valence-electron chi connectivity index (χ4n) is 3.27. The van der Waals surface area contributed by atoms with Crippen molar-refractivity contribution in [1.82, 2.24) is 24.8 Å². The van der Waals surface area contributed by atoms with Crippen LogP contribution in [0.15, 0.2) is 24.5 Å². The zero-order valence-corrected chi connectivity index (χ0v) is 14.4. The number of fused-ring (bicyclic) bond motifs is 1. The van der Waals surface area contributed by atoms with Crippen molar-refractivity contribution in [1.29, 1.82) is 0 Å². The maximum absolute atomic E-state index is 14.3. The van der Waals surface area contributed by atoms with Gasteiger partial charge in [-0.2, -0.15) is 0 Å². The highest BCUT2D eigenvalue weighted by molar-refractivity contribution is 5.77. The molecule has 3 aromatic rings. The third kappa shape index (κ3) is 3.43. The van der Waals surface area contributed by atoms with Crippen molar-refractivity contribution < 1.29 is 9.13 Å². The van der Waals surface area contributed by atoms with Gasteiger partial charge in [0.05, 0.1) is 17.6 Å². The average molecular weight is 343 g/mol. The number of H-pyrrole nitrogens is 2. The molecule has 3 heterocycles. The summed E-state index contributed by atoms with van der Waals surface area (Å²) in [6, 6.07) is 4.14. The molecule has 0 amide bonds. The number of nitrogens with zero attached hydrogens (tertiary/aromatic N) is 3. The summed E-state index contributed by atoms with van der Waals surface area (Å²) in [7, 11) is 0. The second-order valence-corrected chi connectivity index (χ2v) is 6.73. The third-order valence-electron chi connectivity index (χ3n) is 4.78. The van der Waals surface area contributed by atoms with Crippen LogP contribution in [0.1, 0.15) is 22.8 Å². The summed E-state index contributed by atoms with van der Waals surface area (Å²) in [5.74, 6) is 1.58. The predicted octanol–water partition coefficient (Wildman–Crippen LogP) is 2.64. The largest absolute Gasteiger partial charge is 0.366 e. The highest BCUT2D eigenvalue weighted by Gasteiger charge is 2.34. The second kappa shape index (κ2) is 6.57. The number of rotatable bonds is 5. The number of likely N-dealkylation sites (tertiary alicyclic amines) is 1. The van der Waals surface area contributed by atoms with E-state index in [4.69, 9.17) is 4.74 Å². The van der Waals surface area contributed by atoms with Gasteiger partial charge in [0.1, 0.15) is 30.5 Å². The van der Waals surface area contributed by atoms with E-state index in [0.29, 0.717) is 19.6 Å². The zero-order chi connectivity index (χ0) is 17.4. The lowest BCUT2D eigenvalue weighted by atomic mass is 10.1. The fraction of sp³-hybridized carbons (Fsp3) is 0.444. The number of hydrogen-bond donors (Lipinski definition) is 2. The Labute approximate surface area is 145 Å². The van der Waals surface area contributed by atoms with Crippen LogP contribution in [0.4, 0.5) is 4.39 Å². The van der Waals surface area contributed by atoms with Gasteiger partial charge in [0, 0.05) is 25.5 Å². The first kappa shape index (κ1) is 16.2. The van der Waals surface area contributed by atoms with Crippen LogP contribution in [0.2, 0.25) is 0 Å². The van der Waals surface area contributed by atoms with E-state index in [9.17, 15) is 4.39 Å². The summed E-state index contributed by atoms with van der Waals surface area (Å²) in [6.07, 6.45) is 2.05. The van der Waals surface area contributed by atoms with Crippen LogP contribution in [-0.4, -0.2) is 50.2 Å². The third-order valence-corrected chi connectivity index (χ3v) is 4.78. The van der Waals surface area contributed by atoms with Crippen LogP contribution >= 0.6 is 0 Å². The summed E-state index contributed by atoms with van der Waals surface area (Å²) in [5.41, 5.74) is 4.34. The first-order valence-corrected chi connectivity index (χ1v) is 8.50. The molecule has 2 aromatic heterocycles. The van der Waals surface area contributed by atoms with E-state index in [1.165, 1.54) is 11.1 Å². The lowest BCUT2D eigenvalue weighted by Crippen LogP contribution is -2.24. The van der Waals surface area contributed by atoms with E-state index in [1.54, 1.807) is 12.4 Å². The molecule has 0 aliphatic carbocycles. The Morgan fingerprint density at radius 2 is 2.08 bits per heavy atom. The summed E-state index contributed by atoms with van der Waals surface area (Å²) in [6.45, 7) is 5.96. The predicted molar refractivity (Wildman–Crippen MR) is 92.9 cm³/mol. The van der Waals surface area contributed by atoms with E-state index < -0.39 is 12.3 Å². The Morgan fingerprint density at radius 1 is 1.24 bits per heavy atom. The molecule has 2 unspecified atom stereocenters. The van der Waals surface area contributed by atoms with Gasteiger partial charge in [-0.15, -0.1) is 0 Å². The first-order valence-electron chi connectivity index (χ1n) is 8.50.